The number of hydrazone groups is 1. The van der Waals surface area contributed by atoms with E-state index in [1.165, 1.54) is 32.3 Å². The third kappa shape index (κ3) is 12.4. The molecule has 226 valence electrons. The van der Waals surface area contributed by atoms with Crippen molar-refractivity contribution in [2.45, 2.75) is 26.1 Å². The van der Waals surface area contributed by atoms with Crippen LogP contribution in [0.2, 0.25) is 0 Å². The van der Waals surface area contributed by atoms with Gasteiger partial charge in [0.1, 0.15) is 30.3 Å². The number of alkyl halides is 1. The highest BCUT2D eigenvalue weighted by molar-refractivity contribution is 5.97. The minimum atomic E-state index is -1.16. The SMILES string of the molecule is CC(=O)O.CN.COc1cc(OCC(C)F)cc(C(Nc2ccc(C=N)cc2)/C(=N/N(C)c2ncccn2)NC=O)c1. The maximum atomic E-state index is 13.4. The van der Waals surface area contributed by atoms with Crippen LogP contribution >= 0.6 is 0 Å². The first-order valence-corrected chi connectivity index (χ1v) is 12.6. The molecule has 0 aliphatic carbocycles. The standard InChI is InChI=1S/C25H28FN7O3.C2H4O2.CH5N/c1-17(26)15-36-22-12-19(11-21(13-22)35-3)23(31-20-7-5-18(14-27)6-8-20)24(30-16-34)32-33(2)25-28-9-4-10-29-25;1-2(3)4;1-2/h4-14,16-17,23,27,31H,15H2,1-3H3,(H,30,32,34);1H3,(H,3,4);2H2,1H3. The Labute approximate surface area is 244 Å². The molecule has 0 saturated carbocycles. The lowest BCUT2D eigenvalue weighted by molar-refractivity contribution is -0.134. The molecule has 42 heavy (non-hydrogen) atoms. The van der Waals surface area contributed by atoms with E-state index < -0.39 is 18.2 Å². The van der Waals surface area contributed by atoms with Crippen molar-refractivity contribution in [3.05, 3.63) is 72.1 Å². The Hall–Kier alpha value is -5.11. The molecular formula is C28H37FN8O5. The number of anilines is 2. The first-order valence-electron chi connectivity index (χ1n) is 12.6. The Morgan fingerprint density at radius 1 is 1.19 bits per heavy atom. The molecule has 0 bridgehead atoms. The summed E-state index contributed by atoms with van der Waals surface area (Å²) in [5.41, 5.74) is 6.56. The predicted molar refractivity (Wildman–Crippen MR) is 160 cm³/mol. The van der Waals surface area contributed by atoms with E-state index in [2.05, 4.69) is 31.4 Å². The number of benzene rings is 2. The van der Waals surface area contributed by atoms with E-state index in [1.807, 2.05) is 0 Å². The number of methoxy groups -OCH3 is 1. The zero-order valence-electron chi connectivity index (χ0n) is 24.1. The molecule has 0 aliphatic heterocycles. The maximum Gasteiger partial charge on any atom is 0.300 e. The Kier molecular flexibility index (Phi) is 15.8. The Balaban J connectivity index is 0.00000135. The van der Waals surface area contributed by atoms with Crippen molar-refractivity contribution in [1.82, 2.24) is 15.3 Å². The van der Waals surface area contributed by atoms with Crippen molar-refractivity contribution >= 4 is 36.1 Å². The van der Waals surface area contributed by atoms with Crippen LogP contribution in [0.15, 0.2) is 66.0 Å². The van der Waals surface area contributed by atoms with Crippen molar-refractivity contribution in [2.75, 3.05) is 38.1 Å². The molecule has 0 radical (unpaired) electrons. The van der Waals surface area contributed by atoms with Gasteiger partial charge in [-0.15, -0.1) is 0 Å². The second kappa shape index (κ2) is 19.0. The zero-order valence-corrected chi connectivity index (χ0v) is 24.1. The van der Waals surface area contributed by atoms with Gasteiger partial charge in [-0.05, 0) is 55.4 Å². The van der Waals surface area contributed by atoms with Crippen LogP contribution < -0.4 is 30.8 Å². The number of halogens is 1. The highest BCUT2D eigenvalue weighted by atomic mass is 19.1. The van der Waals surface area contributed by atoms with Crippen molar-refractivity contribution in [2.24, 2.45) is 10.8 Å². The van der Waals surface area contributed by atoms with Gasteiger partial charge in [-0.25, -0.2) is 19.4 Å². The number of rotatable bonds is 12. The summed E-state index contributed by atoms with van der Waals surface area (Å²) in [7, 11) is 4.67. The molecule has 0 aliphatic rings. The molecule has 1 amide bonds. The van der Waals surface area contributed by atoms with Crippen LogP contribution in [0.1, 0.15) is 31.0 Å². The van der Waals surface area contributed by atoms with Gasteiger partial charge >= 0.3 is 0 Å². The fraction of sp³-hybridized carbons (Fsp3) is 0.286. The number of amides is 1. The molecule has 2 atom stereocenters. The van der Waals surface area contributed by atoms with E-state index in [9.17, 15) is 9.18 Å². The molecule has 13 nitrogen and oxygen atoms in total. The quantitative estimate of drug-likeness (QED) is 0.0915. The average molecular weight is 585 g/mol. The van der Waals surface area contributed by atoms with Crippen LogP contribution in [-0.4, -0.2) is 73.5 Å². The normalized spacial score (nSPS) is 11.6. The van der Waals surface area contributed by atoms with Crippen LogP contribution in [-0.2, 0) is 9.59 Å². The van der Waals surface area contributed by atoms with E-state index in [4.69, 9.17) is 24.8 Å². The molecule has 3 aromatic rings. The number of carbonyl (C=O) groups excluding carboxylic acids is 1. The Morgan fingerprint density at radius 3 is 2.31 bits per heavy atom. The first-order chi connectivity index (χ1) is 20.2. The third-order valence-corrected chi connectivity index (χ3v) is 4.92. The topological polar surface area (TPSA) is 188 Å². The summed E-state index contributed by atoms with van der Waals surface area (Å²) in [5.74, 6) is 0.590. The lowest BCUT2D eigenvalue weighted by atomic mass is 10.0. The molecule has 2 aromatic carbocycles. The molecule has 1 heterocycles. The van der Waals surface area contributed by atoms with Crippen molar-refractivity contribution < 1.29 is 28.6 Å². The number of carboxylic acids is 1. The molecule has 0 saturated heterocycles. The summed E-state index contributed by atoms with van der Waals surface area (Å²) in [6.07, 6.45) is 3.77. The monoisotopic (exact) mass is 584 g/mol. The van der Waals surface area contributed by atoms with Crippen LogP contribution in [0.5, 0.6) is 11.5 Å². The number of carboxylic acid groups (broad SMARTS) is 1. The summed E-state index contributed by atoms with van der Waals surface area (Å²) in [4.78, 5) is 29.0. The van der Waals surface area contributed by atoms with E-state index >= 15 is 0 Å². The molecular weight excluding hydrogens is 547 g/mol. The average Bonchev–Trinajstić information content (AvgIpc) is 3.00. The van der Waals surface area contributed by atoms with E-state index in [0.717, 1.165) is 12.5 Å². The molecule has 14 heteroatoms. The Morgan fingerprint density at radius 2 is 1.79 bits per heavy atom. The van der Waals surface area contributed by atoms with Gasteiger partial charge in [0.05, 0.1) is 7.11 Å². The number of carbonyl (C=O) groups is 2. The smallest absolute Gasteiger partial charge is 0.300 e. The minimum Gasteiger partial charge on any atom is -0.497 e. The number of aliphatic carboxylic acids is 1. The lowest BCUT2D eigenvalue weighted by Crippen LogP contribution is -2.35. The van der Waals surface area contributed by atoms with Gasteiger partial charge < -0.3 is 36.4 Å². The van der Waals surface area contributed by atoms with Gasteiger partial charge in [-0.2, -0.15) is 5.10 Å². The zero-order chi connectivity index (χ0) is 31.5. The number of ether oxygens (including phenoxy) is 2. The minimum absolute atomic E-state index is 0.128. The first kappa shape index (κ1) is 34.9. The molecule has 1 aromatic heterocycles. The van der Waals surface area contributed by atoms with Gasteiger partial charge in [0.2, 0.25) is 12.4 Å². The molecule has 2 unspecified atom stereocenters. The van der Waals surface area contributed by atoms with E-state index in [0.29, 0.717) is 35.1 Å². The number of nitrogens with two attached hydrogens (primary N) is 1. The summed E-state index contributed by atoms with van der Waals surface area (Å²) in [6, 6.07) is 13.3. The molecule has 0 fully saturated rings. The number of nitrogens with one attached hydrogen (secondary N) is 3. The van der Waals surface area contributed by atoms with E-state index in [-0.39, 0.29) is 12.4 Å². The number of nitrogens with zero attached hydrogens (tertiary/aromatic N) is 4. The molecule has 0 spiro atoms. The second-order valence-electron chi connectivity index (χ2n) is 8.22. The van der Waals surface area contributed by atoms with Gasteiger partial charge in [0, 0.05) is 44.3 Å². The Bertz CT molecular complexity index is 1270. The van der Waals surface area contributed by atoms with Crippen LogP contribution in [0.25, 0.3) is 0 Å². The summed E-state index contributed by atoms with van der Waals surface area (Å²) >= 11 is 0. The fourth-order valence-corrected chi connectivity index (χ4v) is 3.22. The molecule has 6 N–H and O–H groups in total. The predicted octanol–water partition coefficient (Wildman–Crippen LogP) is 3.23. The lowest BCUT2D eigenvalue weighted by Gasteiger charge is -2.24. The van der Waals surface area contributed by atoms with Gasteiger partial charge in [0.15, 0.2) is 5.84 Å². The van der Waals surface area contributed by atoms with Gasteiger partial charge in [-0.3, -0.25) is 9.59 Å². The summed E-state index contributed by atoms with van der Waals surface area (Å²) in [6.45, 7) is 2.36. The largest absolute Gasteiger partial charge is 0.497 e. The van der Waals surface area contributed by atoms with Crippen molar-refractivity contribution in [3.63, 3.8) is 0 Å². The summed E-state index contributed by atoms with van der Waals surface area (Å²) in [5, 5.41) is 26.8. The maximum absolute atomic E-state index is 13.4. The van der Waals surface area contributed by atoms with Crippen LogP contribution in [0.3, 0.4) is 0 Å². The number of hydrogen-bond acceptors (Lipinski definition) is 11. The van der Waals surface area contributed by atoms with Crippen molar-refractivity contribution in [1.29, 1.82) is 5.41 Å². The van der Waals surface area contributed by atoms with E-state index in [1.54, 1.807) is 68.0 Å². The highest BCUT2D eigenvalue weighted by Crippen LogP contribution is 2.30. The van der Waals surface area contributed by atoms with Gasteiger partial charge in [0.25, 0.3) is 5.97 Å². The second-order valence-corrected chi connectivity index (χ2v) is 8.22. The number of hydrogen-bond donors (Lipinski definition) is 5. The third-order valence-electron chi connectivity index (χ3n) is 4.92. The number of aromatic nitrogens is 2. The fourth-order valence-electron chi connectivity index (χ4n) is 3.22. The summed E-state index contributed by atoms with van der Waals surface area (Å²) < 4.78 is 24.5. The highest BCUT2D eigenvalue weighted by Gasteiger charge is 2.22. The number of amidine groups is 1. The van der Waals surface area contributed by atoms with Crippen molar-refractivity contribution in [3.8, 4) is 11.5 Å². The van der Waals surface area contributed by atoms with Crippen LogP contribution in [0.4, 0.5) is 16.0 Å². The van der Waals surface area contributed by atoms with Crippen LogP contribution in [0, 0.1) is 5.41 Å². The van der Waals surface area contributed by atoms with Gasteiger partial charge in [-0.1, -0.05) is 12.1 Å². The molecule has 3 rings (SSSR count).